The third kappa shape index (κ3) is 4.26. The van der Waals surface area contributed by atoms with Crippen LogP contribution in [-0.4, -0.2) is 18.0 Å². The molecular weight excluding hydrogens is 318 g/mol. The molecule has 0 spiro atoms. The van der Waals surface area contributed by atoms with Crippen LogP contribution < -0.4 is 5.32 Å². The molecule has 0 bridgehead atoms. The molecule has 3 rings (SSSR count). The molecule has 1 heterocycles. The highest BCUT2D eigenvalue weighted by molar-refractivity contribution is 5.90. The van der Waals surface area contributed by atoms with Crippen LogP contribution in [0.3, 0.4) is 0 Å². The van der Waals surface area contributed by atoms with Crippen molar-refractivity contribution in [3.8, 4) is 0 Å². The van der Waals surface area contributed by atoms with Crippen molar-refractivity contribution in [1.29, 1.82) is 0 Å². The maximum absolute atomic E-state index is 12.2. The molecular formula is C20H19NO4. The summed E-state index contributed by atoms with van der Waals surface area (Å²) in [5.41, 5.74) is 0.881. The van der Waals surface area contributed by atoms with Crippen LogP contribution in [0.1, 0.15) is 18.2 Å². The van der Waals surface area contributed by atoms with Gasteiger partial charge in [-0.3, -0.25) is 9.59 Å². The second kappa shape index (κ2) is 7.66. The quantitative estimate of drug-likeness (QED) is 0.701. The Morgan fingerprint density at radius 3 is 2.68 bits per heavy atom. The lowest BCUT2D eigenvalue weighted by atomic mass is 10.0. The number of esters is 1. The maximum Gasteiger partial charge on any atom is 0.311 e. The van der Waals surface area contributed by atoms with Gasteiger partial charge in [-0.2, -0.15) is 0 Å². The average molecular weight is 337 g/mol. The first-order valence-electron chi connectivity index (χ1n) is 8.09. The zero-order valence-corrected chi connectivity index (χ0v) is 13.9. The van der Waals surface area contributed by atoms with Gasteiger partial charge in [-0.1, -0.05) is 42.5 Å². The minimum atomic E-state index is -0.863. The molecule has 1 N–H and O–H groups in total. The predicted molar refractivity (Wildman–Crippen MR) is 93.8 cm³/mol. The number of carbonyl (C=O) groups is 2. The van der Waals surface area contributed by atoms with Gasteiger partial charge in [0.25, 0.3) is 5.91 Å². The molecule has 5 heteroatoms. The zero-order valence-electron chi connectivity index (χ0n) is 13.9. The van der Waals surface area contributed by atoms with E-state index in [9.17, 15) is 9.59 Å². The third-order valence-electron chi connectivity index (χ3n) is 3.91. The van der Waals surface area contributed by atoms with E-state index in [0.717, 1.165) is 16.3 Å². The lowest BCUT2D eigenvalue weighted by molar-refractivity contribution is -0.154. The summed E-state index contributed by atoms with van der Waals surface area (Å²) in [6.07, 6.45) is 0.796. The molecule has 0 radical (unpaired) electrons. The molecule has 1 amide bonds. The summed E-state index contributed by atoms with van der Waals surface area (Å²) >= 11 is 0. The number of hydrogen-bond donors (Lipinski definition) is 1. The summed E-state index contributed by atoms with van der Waals surface area (Å²) < 4.78 is 10.4. The first-order valence-corrected chi connectivity index (χ1v) is 8.09. The fourth-order valence-corrected chi connectivity index (χ4v) is 2.63. The van der Waals surface area contributed by atoms with Gasteiger partial charge in [-0.15, -0.1) is 0 Å². The Morgan fingerprint density at radius 1 is 1.08 bits per heavy atom. The van der Waals surface area contributed by atoms with E-state index in [1.165, 1.54) is 6.26 Å². The second-order valence-electron chi connectivity index (χ2n) is 5.74. The van der Waals surface area contributed by atoms with Gasteiger partial charge in [-0.05, 0) is 35.4 Å². The number of carbonyl (C=O) groups excluding carboxylic acids is 2. The molecule has 3 aromatic rings. The van der Waals surface area contributed by atoms with E-state index in [0.29, 0.717) is 5.76 Å². The molecule has 25 heavy (non-hydrogen) atoms. The van der Waals surface area contributed by atoms with E-state index in [1.54, 1.807) is 19.1 Å². The second-order valence-corrected chi connectivity index (χ2v) is 5.74. The first-order chi connectivity index (χ1) is 12.1. The summed E-state index contributed by atoms with van der Waals surface area (Å²) in [4.78, 5) is 24.2. The van der Waals surface area contributed by atoms with Crippen molar-refractivity contribution in [2.75, 3.05) is 0 Å². The predicted octanol–water partition coefficient (Wildman–Crippen LogP) is 3.22. The first kappa shape index (κ1) is 16.8. The number of nitrogens with one attached hydrogen (secondary N) is 1. The molecule has 2 aromatic carbocycles. The Kier molecular flexibility index (Phi) is 5.14. The molecule has 1 unspecified atom stereocenters. The fraction of sp³-hybridized carbons (Fsp3) is 0.200. The molecule has 5 nitrogen and oxygen atoms in total. The van der Waals surface area contributed by atoms with Crippen LogP contribution in [-0.2, 0) is 27.3 Å². The highest BCUT2D eigenvalue weighted by atomic mass is 16.5. The van der Waals surface area contributed by atoms with Crippen molar-refractivity contribution in [3.05, 3.63) is 72.2 Å². The molecule has 0 fully saturated rings. The smallest absolute Gasteiger partial charge is 0.311 e. The molecule has 0 aliphatic rings. The van der Waals surface area contributed by atoms with Crippen LogP contribution in [0.5, 0.6) is 0 Å². The van der Waals surface area contributed by atoms with E-state index in [-0.39, 0.29) is 18.9 Å². The molecule has 0 aliphatic carbocycles. The molecule has 0 saturated carbocycles. The Labute approximate surface area is 145 Å². The summed E-state index contributed by atoms with van der Waals surface area (Å²) in [7, 11) is 0. The SMILES string of the molecule is CC(OC(=O)Cc1cccc2ccccc12)C(=O)NCc1ccco1. The standard InChI is InChI=1S/C20H19NO4/c1-14(20(23)21-13-17-9-5-11-24-17)25-19(22)12-16-8-4-7-15-6-2-3-10-18(15)16/h2-11,14H,12-13H2,1H3,(H,21,23). The lowest BCUT2D eigenvalue weighted by Gasteiger charge is -2.13. The Bertz CT molecular complexity index is 865. The molecule has 0 saturated heterocycles. The number of fused-ring (bicyclic) bond motifs is 1. The van der Waals surface area contributed by atoms with E-state index >= 15 is 0 Å². The minimum Gasteiger partial charge on any atom is -0.467 e. The molecule has 0 aliphatic heterocycles. The van der Waals surface area contributed by atoms with Crippen LogP contribution in [0.15, 0.2) is 65.3 Å². The van der Waals surface area contributed by atoms with Gasteiger partial charge in [0.2, 0.25) is 0 Å². The van der Waals surface area contributed by atoms with Crippen molar-refractivity contribution >= 4 is 22.6 Å². The number of rotatable bonds is 6. The molecule has 1 atom stereocenters. The van der Waals surface area contributed by atoms with Gasteiger partial charge in [0, 0.05) is 0 Å². The van der Waals surface area contributed by atoms with Gasteiger partial charge in [0.05, 0.1) is 19.2 Å². The van der Waals surface area contributed by atoms with E-state index in [2.05, 4.69) is 5.32 Å². The van der Waals surface area contributed by atoms with Crippen molar-refractivity contribution in [3.63, 3.8) is 0 Å². The van der Waals surface area contributed by atoms with Crippen molar-refractivity contribution in [1.82, 2.24) is 5.32 Å². The van der Waals surface area contributed by atoms with Gasteiger partial charge < -0.3 is 14.5 Å². The Morgan fingerprint density at radius 2 is 1.88 bits per heavy atom. The van der Waals surface area contributed by atoms with Crippen molar-refractivity contribution < 1.29 is 18.7 Å². The van der Waals surface area contributed by atoms with Crippen molar-refractivity contribution in [2.24, 2.45) is 0 Å². The van der Waals surface area contributed by atoms with Crippen molar-refractivity contribution in [2.45, 2.75) is 26.0 Å². The topological polar surface area (TPSA) is 68.5 Å². The van der Waals surface area contributed by atoms with Gasteiger partial charge >= 0.3 is 5.97 Å². The zero-order chi connectivity index (χ0) is 17.6. The summed E-state index contributed by atoms with van der Waals surface area (Å²) in [6.45, 7) is 1.81. The molecule has 128 valence electrons. The number of ether oxygens (including phenoxy) is 1. The summed E-state index contributed by atoms with van der Waals surface area (Å²) in [6, 6.07) is 17.2. The van der Waals surface area contributed by atoms with E-state index in [1.807, 2.05) is 42.5 Å². The largest absolute Gasteiger partial charge is 0.467 e. The van der Waals surface area contributed by atoms with Gasteiger partial charge in [-0.25, -0.2) is 0 Å². The number of hydrogen-bond acceptors (Lipinski definition) is 4. The average Bonchev–Trinajstić information content (AvgIpc) is 3.13. The number of amides is 1. The summed E-state index contributed by atoms with van der Waals surface area (Å²) in [5.74, 6) is -0.151. The van der Waals surface area contributed by atoms with E-state index in [4.69, 9.17) is 9.15 Å². The van der Waals surface area contributed by atoms with Gasteiger partial charge in [0.1, 0.15) is 5.76 Å². The third-order valence-corrected chi connectivity index (χ3v) is 3.91. The van der Waals surface area contributed by atoms with Crippen LogP contribution in [0, 0.1) is 0 Å². The highest BCUT2D eigenvalue weighted by Gasteiger charge is 2.18. The molecule has 1 aromatic heterocycles. The lowest BCUT2D eigenvalue weighted by Crippen LogP contribution is -2.35. The Balaban J connectivity index is 1.57. The summed E-state index contributed by atoms with van der Waals surface area (Å²) in [5, 5.41) is 4.75. The monoisotopic (exact) mass is 337 g/mol. The maximum atomic E-state index is 12.2. The van der Waals surface area contributed by atoms with Crippen LogP contribution in [0.4, 0.5) is 0 Å². The minimum absolute atomic E-state index is 0.122. The highest BCUT2D eigenvalue weighted by Crippen LogP contribution is 2.19. The number of benzene rings is 2. The van der Waals surface area contributed by atoms with Gasteiger partial charge in [0.15, 0.2) is 6.10 Å². The fourth-order valence-electron chi connectivity index (χ4n) is 2.63. The van der Waals surface area contributed by atoms with Crippen LogP contribution in [0.2, 0.25) is 0 Å². The number of furan rings is 1. The van der Waals surface area contributed by atoms with Crippen LogP contribution in [0.25, 0.3) is 10.8 Å². The normalized spacial score (nSPS) is 11.9. The van der Waals surface area contributed by atoms with Crippen LogP contribution >= 0.6 is 0 Å². The van der Waals surface area contributed by atoms with E-state index < -0.39 is 12.1 Å². The Hall–Kier alpha value is -3.08.